The maximum absolute atomic E-state index is 5.60. The van der Waals surface area contributed by atoms with E-state index in [1.165, 1.54) is 0 Å². The van der Waals surface area contributed by atoms with Gasteiger partial charge in [-0.2, -0.15) is 0 Å². The molecule has 2 heterocycles. The van der Waals surface area contributed by atoms with Crippen LogP contribution in [0.2, 0.25) is 0 Å². The molecular formula is C11H20O5. The molecule has 0 aromatic rings. The summed E-state index contributed by atoms with van der Waals surface area (Å²) in [5.74, 6) is -0.464. The maximum atomic E-state index is 5.60. The van der Waals surface area contributed by atoms with Gasteiger partial charge in [-0.1, -0.05) is 0 Å². The number of ether oxygens (including phenoxy) is 5. The van der Waals surface area contributed by atoms with E-state index in [0.717, 1.165) is 6.61 Å². The SMILES string of the molecule is CC1(C)OC[C@@H](COCCOC[C@H]2CO2)O1. The zero-order valence-corrected chi connectivity index (χ0v) is 9.94. The summed E-state index contributed by atoms with van der Waals surface area (Å²) >= 11 is 0. The Labute approximate surface area is 95.9 Å². The molecular weight excluding hydrogens is 212 g/mol. The fourth-order valence-electron chi connectivity index (χ4n) is 1.56. The Morgan fingerprint density at radius 1 is 1.06 bits per heavy atom. The molecule has 0 saturated carbocycles. The van der Waals surface area contributed by atoms with Crippen molar-refractivity contribution in [2.24, 2.45) is 0 Å². The van der Waals surface area contributed by atoms with E-state index in [1.54, 1.807) is 0 Å². The molecule has 0 radical (unpaired) electrons. The lowest BCUT2D eigenvalue weighted by atomic mass is 10.4. The molecule has 2 rings (SSSR count). The van der Waals surface area contributed by atoms with Crippen molar-refractivity contribution in [2.75, 3.05) is 39.6 Å². The standard InChI is InChI=1S/C11H20O5/c1-11(2)15-8-10(16-11)6-13-4-3-12-5-9-7-14-9/h9-10H,3-8H2,1-2H3/t9-,10+/m0/s1. The van der Waals surface area contributed by atoms with Gasteiger partial charge in [0, 0.05) is 0 Å². The van der Waals surface area contributed by atoms with Crippen molar-refractivity contribution in [3.05, 3.63) is 0 Å². The van der Waals surface area contributed by atoms with Crippen LogP contribution in [0.3, 0.4) is 0 Å². The highest BCUT2D eigenvalue weighted by atomic mass is 16.7. The van der Waals surface area contributed by atoms with Crippen LogP contribution in [0.15, 0.2) is 0 Å². The van der Waals surface area contributed by atoms with Gasteiger partial charge in [-0.25, -0.2) is 0 Å². The minimum Gasteiger partial charge on any atom is -0.376 e. The van der Waals surface area contributed by atoms with Crippen molar-refractivity contribution in [3.8, 4) is 0 Å². The summed E-state index contributed by atoms with van der Waals surface area (Å²) in [5.41, 5.74) is 0. The molecule has 0 aromatic heterocycles. The predicted molar refractivity (Wildman–Crippen MR) is 56.3 cm³/mol. The van der Waals surface area contributed by atoms with E-state index >= 15 is 0 Å². The lowest BCUT2D eigenvalue weighted by Gasteiger charge is -2.17. The average Bonchev–Trinajstić information content (AvgIpc) is 2.97. The highest BCUT2D eigenvalue weighted by molar-refractivity contribution is 4.70. The Kier molecular flexibility index (Phi) is 4.16. The van der Waals surface area contributed by atoms with Crippen molar-refractivity contribution < 1.29 is 23.7 Å². The summed E-state index contributed by atoms with van der Waals surface area (Å²) in [6, 6.07) is 0. The monoisotopic (exact) mass is 232 g/mol. The van der Waals surface area contributed by atoms with Crippen LogP contribution < -0.4 is 0 Å². The topological polar surface area (TPSA) is 49.5 Å². The van der Waals surface area contributed by atoms with Gasteiger partial charge in [0.2, 0.25) is 0 Å². The summed E-state index contributed by atoms with van der Waals surface area (Å²) in [5, 5.41) is 0. The number of rotatable bonds is 7. The van der Waals surface area contributed by atoms with E-state index in [9.17, 15) is 0 Å². The second kappa shape index (κ2) is 5.42. The second-order valence-electron chi connectivity index (χ2n) is 4.56. The third kappa shape index (κ3) is 4.35. The number of hydrogen-bond donors (Lipinski definition) is 0. The number of hydrogen-bond acceptors (Lipinski definition) is 5. The summed E-state index contributed by atoms with van der Waals surface area (Å²) in [7, 11) is 0. The molecule has 0 aliphatic carbocycles. The van der Waals surface area contributed by atoms with E-state index in [-0.39, 0.29) is 6.10 Å². The van der Waals surface area contributed by atoms with Gasteiger partial charge in [0.1, 0.15) is 12.2 Å². The zero-order chi connectivity index (χ0) is 11.4. The van der Waals surface area contributed by atoms with Gasteiger partial charge < -0.3 is 23.7 Å². The molecule has 0 bridgehead atoms. The Balaban J connectivity index is 1.42. The van der Waals surface area contributed by atoms with Crippen LogP contribution >= 0.6 is 0 Å². The minimum atomic E-state index is -0.464. The molecule has 0 spiro atoms. The predicted octanol–water partition coefficient (Wildman–Crippen LogP) is 0.570. The average molecular weight is 232 g/mol. The lowest BCUT2D eigenvalue weighted by molar-refractivity contribution is -0.145. The van der Waals surface area contributed by atoms with Crippen LogP contribution in [0.4, 0.5) is 0 Å². The third-order valence-electron chi connectivity index (χ3n) is 2.45. The van der Waals surface area contributed by atoms with Gasteiger partial charge in [-0.05, 0) is 13.8 Å². The summed E-state index contributed by atoms with van der Waals surface area (Å²) in [4.78, 5) is 0. The van der Waals surface area contributed by atoms with Crippen molar-refractivity contribution in [1.29, 1.82) is 0 Å². The van der Waals surface area contributed by atoms with Gasteiger partial charge in [0.15, 0.2) is 5.79 Å². The van der Waals surface area contributed by atoms with Crippen molar-refractivity contribution >= 4 is 0 Å². The van der Waals surface area contributed by atoms with Crippen LogP contribution in [0, 0.1) is 0 Å². The van der Waals surface area contributed by atoms with E-state index in [2.05, 4.69) is 0 Å². The Bertz CT molecular complexity index is 214. The van der Waals surface area contributed by atoms with E-state index < -0.39 is 5.79 Å². The highest BCUT2D eigenvalue weighted by Crippen LogP contribution is 2.22. The van der Waals surface area contributed by atoms with E-state index in [1.807, 2.05) is 13.8 Å². The minimum absolute atomic E-state index is 0.0433. The molecule has 94 valence electrons. The van der Waals surface area contributed by atoms with Gasteiger partial charge in [0.25, 0.3) is 0 Å². The molecule has 2 aliphatic heterocycles. The van der Waals surface area contributed by atoms with Gasteiger partial charge >= 0.3 is 0 Å². The first-order chi connectivity index (χ1) is 7.66. The quantitative estimate of drug-likeness (QED) is 0.474. The molecule has 5 nitrogen and oxygen atoms in total. The molecule has 16 heavy (non-hydrogen) atoms. The van der Waals surface area contributed by atoms with Gasteiger partial charge in [-0.15, -0.1) is 0 Å². The molecule has 0 N–H and O–H groups in total. The molecule has 2 fully saturated rings. The fourth-order valence-corrected chi connectivity index (χ4v) is 1.56. The fraction of sp³-hybridized carbons (Fsp3) is 1.00. The smallest absolute Gasteiger partial charge is 0.163 e. The zero-order valence-electron chi connectivity index (χ0n) is 9.94. The van der Waals surface area contributed by atoms with Crippen LogP contribution in [-0.4, -0.2) is 57.6 Å². The van der Waals surface area contributed by atoms with Gasteiger partial charge in [0.05, 0.1) is 39.6 Å². The normalized spacial score (nSPS) is 31.9. The Morgan fingerprint density at radius 3 is 2.19 bits per heavy atom. The molecule has 2 atom stereocenters. The van der Waals surface area contributed by atoms with Crippen molar-refractivity contribution in [3.63, 3.8) is 0 Å². The molecule has 0 unspecified atom stereocenters. The summed E-state index contributed by atoms with van der Waals surface area (Å²) in [6.07, 6.45) is 0.370. The molecule has 0 amide bonds. The van der Waals surface area contributed by atoms with E-state index in [4.69, 9.17) is 23.7 Å². The second-order valence-corrected chi connectivity index (χ2v) is 4.56. The third-order valence-corrected chi connectivity index (χ3v) is 2.45. The first-order valence-corrected chi connectivity index (χ1v) is 5.74. The largest absolute Gasteiger partial charge is 0.376 e. The first kappa shape index (κ1) is 12.3. The molecule has 5 heteroatoms. The molecule has 2 aliphatic rings. The highest BCUT2D eigenvalue weighted by Gasteiger charge is 2.32. The van der Waals surface area contributed by atoms with Gasteiger partial charge in [-0.3, -0.25) is 0 Å². The molecule has 0 aromatic carbocycles. The molecule has 2 saturated heterocycles. The van der Waals surface area contributed by atoms with Crippen LogP contribution in [0.5, 0.6) is 0 Å². The summed E-state index contributed by atoms with van der Waals surface area (Å²) in [6.45, 7) is 7.69. The van der Waals surface area contributed by atoms with Crippen LogP contribution in [-0.2, 0) is 23.7 Å². The first-order valence-electron chi connectivity index (χ1n) is 5.74. The summed E-state index contributed by atoms with van der Waals surface area (Å²) < 4.78 is 26.8. The van der Waals surface area contributed by atoms with Crippen LogP contribution in [0.25, 0.3) is 0 Å². The van der Waals surface area contributed by atoms with Crippen molar-refractivity contribution in [1.82, 2.24) is 0 Å². The maximum Gasteiger partial charge on any atom is 0.163 e. The Morgan fingerprint density at radius 2 is 1.69 bits per heavy atom. The number of epoxide rings is 1. The van der Waals surface area contributed by atoms with Crippen LogP contribution in [0.1, 0.15) is 13.8 Å². The van der Waals surface area contributed by atoms with E-state index in [0.29, 0.717) is 39.1 Å². The lowest BCUT2D eigenvalue weighted by Crippen LogP contribution is -2.24. The Hall–Kier alpha value is -0.200. The van der Waals surface area contributed by atoms with Crippen molar-refractivity contribution in [2.45, 2.75) is 31.8 Å².